The van der Waals surface area contributed by atoms with Gasteiger partial charge in [0.2, 0.25) is 0 Å². The molecule has 0 fully saturated rings. The predicted molar refractivity (Wildman–Crippen MR) is 99.9 cm³/mol. The molecule has 7 nitrogen and oxygen atoms in total. The van der Waals surface area contributed by atoms with E-state index in [1.165, 1.54) is 24.5 Å². The molecule has 0 saturated carbocycles. The van der Waals surface area contributed by atoms with Crippen molar-refractivity contribution in [2.75, 3.05) is 11.9 Å². The molecule has 3 aromatic rings. The van der Waals surface area contributed by atoms with Gasteiger partial charge in [-0.15, -0.1) is 0 Å². The summed E-state index contributed by atoms with van der Waals surface area (Å²) in [5, 5.41) is 7.12. The van der Waals surface area contributed by atoms with Crippen LogP contribution in [0.25, 0.3) is 11.3 Å². The average Bonchev–Trinajstić information content (AvgIpc) is 2.96. The van der Waals surface area contributed by atoms with Crippen LogP contribution in [0.5, 0.6) is 0 Å². The topological polar surface area (TPSA) is 81.9 Å². The quantitative estimate of drug-likeness (QED) is 0.676. The van der Waals surface area contributed by atoms with Crippen molar-refractivity contribution in [3.8, 4) is 11.3 Å². The smallest absolute Gasteiger partial charge is 0.434 e. The van der Waals surface area contributed by atoms with Crippen molar-refractivity contribution in [3.05, 3.63) is 53.6 Å². The van der Waals surface area contributed by atoms with E-state index in [4.69, 9.17) is 4.74 Å². The van der Waals surface area contributed by atoms with Crippen molar-refractivity contribution in [1.29, 1.82) is 0 Å². The number of aryl methyl sites for hydroxylation is 1. The molecule has 0 unspecified atom stereocenters. The SMILES string of the molecule is CCOC(=O)n1nc(C)c(-c2cncc(Nc3ccc(C(F)(F)F)cc3)n2)c1C. The van der Waals surface area contributed by atoms with Crippen molar-refractivity contribution >= 4 is 17.6 Å². The van der Waals surface area contributed by atoms with E-state index in [1.54, 1.807) is 20.8 Å². The fourth-order valence-electron chi connectivity index (χ4n) is 2.81. The van der Waals surface area contributed by atoms with Gasteiger partial charge in [0, 0.05) is 11.3 Å². The maximum absolute atomic E-state index is 12.7. The van der Waals surface area contributed by atoms with Gasteiger partial charge in [-0.2, -0.15) is 23.0 Å². The lowest BCUT2D eigenvalue weighted by Crippen LogP contribution is -2.16. The molecule has 1 aromatic carbocycles. The van der Waals surface area contributed by atoms with E-state index in [-0.39, 0.29) is 6.61 Å². The number of hydrogen-bond donors (Lipinski definition) is 1. The predicted octanol–water partition coefficient (Wildman–Crippen LogP) is 4.72. The van der Waals surface area contributed by atoms with Crippen LogP contribution in [0, 0.1) is 13.8 Å². The summed E-state index contributed by atoms with van der Waals surface area (Å²) in [6.07, 6.45) is -2.02. The first-order valence-corrected chi connectivity index (χ1v) is 8.70. The summed E-state index contributed by atoms with van der Waals surface area (Å²) in [5.41, 5.74) is 1.90. The Morgan fingerprint density at radius 2 is 1.86 bits per heavy atom. The Bertz CT molecular complexity index is 1030. The average molecular weight is 405 g/mol. The Balaban J connectivity index is 1.88. The lowest BCUT2D eigenvalue weighted by atomic mass is 10.1. The van der Waals surface area contributed by atoms with E-state index < -0.39 is 17.8 Å². The molecule has 0 atom stereocenters. The molecule has 2 aromatic heterocycles. The number of aromatic nitrogens is 4. The first-order valence-electron chi connectivity index (χ1n) is 8.70. The van der Waals surface area contributed by atoms with E-state index in [9.17, 15) is 18.0 Å². The van der Waals surface area contributed by atoms with Gasteiger partial charge in [-0.25, -0.2) is 9.78 Å². The number of nitrogens with zero attached hydrogens (tertiary/aromatic N) is 4. The second-order valence-electron chi connectivity index (χ2n) is 6.15. The number of carbonyl (C=O) groups excluding carboxylic acids is 1. The van der Waals surface area contributed by atoms with Gasteiger partial charge in [0.25, 0.3) is 0 Å². The van der Waals surface area contributed by atoms with Crippen LogP contribution in [0.1, 0.15) is 23.9 Å². The standard InChI is InChI=1S/C19H18F3N5O2/c1-4-29-18(28)27-12(3)17(11(2)26-27)15-9-23-10-16(25-15)24-14-7-5-13(6-8-14)19(20,21)22/h5-10H,4H2,1-3H3,(H,24,25). The van der Waals surface area contributed by atoms with Crippen LogP contribution >= 0.6 is 0 Å². The molecule has 0 spiro atoms. The van der Waals surface area contributed by atoms with Crippen LogP contribution in [0.4, 0.5) is 29.5 Å². The number of benzene rings is 1. The Morgan fingerprint density at radius 1 is 1.17 bits per heavy atom. The highest BCUT2D eigenvalue weighted by molar-refractivity contribution is 5.75. The molecule has 0 radical (unpaired) electrons. The molecule has 2 heterocycles. The van der Waals surface area contributed by atoms with Crippen LogP contribution < -0.4 is 5.32 Å². The lowest BCUT2D eigenvalue weighted by molar-refractivity contribution is -0.137. The van der Waals surface area contributed by atoms with Crippen LogP contribution in [0.2, 0.25) is 0 Å². The van der Waals surface area contributed by atoms with E-state index in [0.717, 1.165) is 16.8 Å². The summed E-state index contributed by atoms with van der Waals surface area (Å²) in [7, 11) is 0. The number of rotatable bonds is 4. The summed E-state index contributed by atoms with van der Waals surface area (Å²) >= 11 is 0. The van der Waals surface area contributed by atoms with Gasteiger partial charge in [0.05, 0.1) is 41.6 Å². The van der Waals surface area contributed by atoms with Crippen molar-refractivity contribution in [1.82, 2.24) is 19.7 Å². The number of ether oxygens (including phenoxy) is 1. The van der Waals surface area contributed by atoms with Crippen LogP contribution in [-0.4, -0.2) is 32.4 Å². The molecule has 152 valence electrons. The number of anilines is 2. The van der Waals surface area contributed by atoms with Crippen molar-refractivity contribution < 1.29 is 22.7 Å². The zero-order chi connectivity index (χ0) is 21.2. The summed E-state index contributed by atoms with van der Waals surface area (Å²) < 4.78 is 44.2. The normalized spacial score (nSPS) is 11.4. The molecule has 0 bridgehead atoms. The molecule has 0 amide bonds. The van der Waals surface area contributed by atoms with E-state index in [1.807, 2.05) is 0 Å². The number of carbonyl (C=O) groups is 1. The largest absolute Gasteiger partial charge is 0.448 e. The number of hydrogen-bond acceptors (Lipinski definition) is 6. The number of nitrogens with one attached hydrogen (secondary N) is 1. The van der Waals surface area contributed by atoms with Crippen molar-refractivity contribution in [2.24, 2.45) is 0 Å². The highest BCUT2D eigenvalue weighted by Gasteiger charge is 2.30. The molecule has 29 heavy (non-hydrogen) atoms. The zero-order valence-corrected chi connectivity index (χ0v) is 15.9. The Hall–Kier alpha value is -3.43. The highest BCUT2D eigenvalue weighted by atomic mass is 19.4. The second-order valence-corrected chi connectivity index (χ2v) is 6.15. The van der Waals surface area contributed by atoms with Gasteiger partial charge in [-0.05, 0) is 45.0 Å². The molecule has 0 aliphatic heterocycles. The van der Waals surface area contributed by atoms with Crippen LogP contribution in [0.15, 0.2) is 36.7 Å². The Kier molecular flexibility index (Phi) is 5.53. The first kappa shape index (κ1) is 20.3. The molecular formula is C19H18F3N5O2. The monoisotopic (exact) mass is 405 g/mol. The number of halogens is 3. The van der Waals surface area contributed by atoms with E-state index in [2.05, 4.69) is 20.4 Å². The molecule has 0 saturated heterocycles. The van der Waals surface area contributed by atoms with Gasteiger partial charge in [0.1, 0.15) is 5.82 Å². The molecule has 10 heteroatoms. The van der Waals surface area contributed by atoms with Gasteiger partial charge in [-0.3, -0.25) is 4.98 Å². The van der Waals surface area contributed by atoms with E-state index >= 15 is 0 Å². The molecule has 0 aliphatic carbocycles. The minimum Gasteiger partial charge on any atom is -0.448 e. The van der Waals surface area contributed by atoms with Gasteiger partial charge < -0.3 is 10.1 Å². The highest BCUT2D eigenvalue weighted by Crippen LogP contribution is 2.31. The molecule has 0 aliphatic rings. The van der Waals surface area contributed by atoms with Gasteiger partial charge in [0.15, 0.2) is 0 Å². The van der Waals surface area contributed by atoms with Gasteiger partial charge in [-0.1, -0.05) is 0 Å². The van der Waals surface area contributed by atoms with Crippen molar-refractivity contribution in [2.45, 2.75) is 26.9 Å². The summed E-state index contributed by atoms with van der Waals surface area (Å²) in [6.45, 7) is 5.37. The second kappa shape index (κ2) is 7.90. The minimum atomic E-state index is -4.40. The maximum atomic E-state index is 12.7. The van der Waals surface area contributed by atoms with Crippen molar-refractivity contribution in [3.63, 3.8) is 0 Å². The zero-order valence-electron chi connectivity index (χ0n) is 15.9. The molecule has 3 rings (SSSR count). The van der Waals surface area contributed by atoms with Crippen LogP contribution in [-0.2, 0) is 10.9 Å². The maximum Gasteiger partial charge on any atom is 0.434 e. The van der Waals surface area contributed by atoms with E-state index in [0.29, 0.717) is 34.2 Å². The molecular weight excluding hydrogens is 387 g/mol. The third kappa shape index (κ3) is 4.36. The first-order chi connectivity index (χ1) is 13.7. The lowest BCUT2D eigenvalue weighted by Gasteiger charge is -2.10. The van der Waals surface area contributed by atoms with Gasteiger partial charge >= 0.3 is 12.3 Å². The summed E-state index contributed by atoms with van der Waals surface area (Å²) in [5.74, 6) is 0.338. The third-order valence-electron chi connectivity index (χ3n) is 4.11. The number of alkyl halides is 3. The summed E-state index contributed by atoms with van der Waals surface area (Å²) in [4.78, 5) is 20.6. The Labute approximate surface area is 164 Å². The fourth-order valence-corrected chi connectivity index (χ4v) is 2.81. The minimum absolute atomic E-state index is 0.221. The molecule has 1 N–H and O–H groups in total. The fraction of sp³-hybridized carbons (Fsp3) is 0.263. The Morgan fingerprint density at radius 3 is 2.48 bits per heavy atom. The van der Waals surface area contributed by atoms with Crippen LogP contribution in [0.3, 0.4) is 0 Å². The third-order valence-corrected chi connectivity index (χ3v) is 4.11. The summed E-state index contributed by atoms with van der Waals surface area (Å²) in [6, 6.07) is 4.59.